The topological polar surface area (TPSA) is 52.9 Å². The standard InChI is InChI=1S/C24H26N2O4/c1-6-9-26-19-8-7-15(30-11-10-25(2)3)12-18(19)22-23(26)16-13-20(28-4)21(29-5)14-17(16)24(22)27/h6-8,12-14H,1,9-11H2,2-5H3. The molecule has 0 saturated heterocycles. The minimum atomic E-state index is -0.0146. The second-order valence-corrected chi connectivity index (χ2v) is 7.54. The molecule has 0 unspecified atom stereocenters. The fraction of sp³-hybridized carbons (Fsp3) is 0.292. The number of hydrogen-bond acceptors (Lipinski definition) is 5. The lowest BCUT2D eigenvalue weighted by atomic mass is 10.1. The van der Waals surface area contributed by atoms with E-state index in [-0.39, 0.29) is 5.78 Å². The number of rotatable bonds is 8. The molecule has 0 radical (unpaired) electrons. The van der Waals surface area contributed by atoms with Crippen molar-refractivity contribution in [3.8, 4) is 28.5 Å². The van der Waals surface area contributed by atoms with E-state index >= 15 is 0 Å². The number of methoxy groups -OCH3 is 2. The first kappa shape index (κ1) is 20.0. The van der Waals surface area contributed by atoms with Gasteiger partial charge in [0, 0.05) is 35.1 Å². The second-order valence-electron chi connectivity index (χ2n) is 7.54. The molecule has 156 valence electrons. The highest BCUT2D eigenvalue weighted by Crippen LogP contribution is 2.47. The molecular formula is C24H26N2O4. The fourth-order valence-corrected chi connectivity index (χ4v) is 4.00. The molecule has 6 heteroatoms. The van der Waals surface area contributed by atoms with Crippen molar-refractivity contribution in [2.24, 2.45) is 0 Å². The summed E-state index contributed by atoms with van der Waals surface area (Å²) < 4.78 is 18.9. The van der Waals surface area contributed by atoms with Crippen LogP contribution in [0.1, 0.15) is 15.9 Å². The van der Waals surface area contributed by atoms with E-state index in [9.17, 15) is 4.79 Å². The Morgan fingerprint density at radius 2 is 1.77 bits per heavy atom. The lowest BCUT2D eigenvalue weighted by molar-refractivity contribution is 0.104. The molecular weight excluding hydrogens is 380 g/mol. The molecule has 3 aromatic rings. The number of likely N-dealkylation sites (N-methyl/N-ethyl adjacent to an activating group) is 1. The molecule has 1 aliphatic carbocycles. The van der Waals surface area contributed by atoms with Gasteiger partial charge in [0.1, 0.15) is 12.4 Å². The van der Waals surface area contributed by atoms with Crippen molar-refractivity contribution >= 4 is 16.7 Å². The molecule has 0 bridgehead atoms. The summed E-state index contributed by atoms with van der Waals surface area (Å²) in [5.41, 5.74) is 4.03. The molecule has 0 fully saturated rings. The lowest BCUT2D eigenvalue weighted by Crippen LogP contribution is -2.19. The lowest BCUT2D eigenvalue weighted by Gasteiger charge is -2.13. The molecule has 1 aromatic heterocycles. The summed E-state index contributed by atoms with van der Waals surface area (Å²) in [5, 5.41) is 0.883. The Morgan fingerprint density at radius 1 is 1.07 bits per heavy atom. The van der Waals surface area contributed by atoms with Gasteiger partial charge in [-0.05, 0) is 44.4 Å². The van der Waals surface area contributed by atoms with Crippen molar-refractivity contribution in [1.82, 2.24) is 9.47 Å². The predicted molar refractivity (Wildman–Crippen MR) is 118 cm³/mol. The van der Waals surface area contributed by atoms with Crippen LogP contribution in [0.5, 0.6) is 17.2 Å². The van der Waals surface area contributed by atoms with Crippen LogP contribution in [-0.4, -0.2) is 56.7 Å². The van der Waals surface area contributed by atoms with Gasteiger partial charge in [-0.3, -0.25) is 4.79 Å². The van der Waals surface area contributed by atoms with E-state index in [1.807, 2.05) is 44.4 Å². The van der Waals surface area contributed by atoms with Gasteiger partial charge < -0.3 is 23.7 Å². The zero-order chi connectivity index (χ0) is 21.4. The van der Waals surface area contributed by atoms with Crippen LogP contribution in [0.2, 0.25) is 0 Å². The Labute approximate surface area is 176 Å². The Bertz CT molecular complexity index is 1140. The number of ketones is 1. The molecule has 1 aliphatic rings. The number of hydrogen-bond donors (Lipinski definition) is 0. The molecule has 4 rings (SSSR count). The van der Waals surface area contributed by atoms with Crippen molar-refractivity contribution in [3.63, 3.8) is 0 Å². The summed E-state index contributed by atoms with van der Waals surface area (Å²) in [4.78, 5) is 15.5. The number of nitrogens with zero attached hydrogens (tertiary/aromatic N) is 2. The van der Waals surface area contributed by atoms with E-state index in [0.29, 0.717) is 35.8 Å². The van der Waals surface area contributed by atoms with E-state index in [1.54, 1.807) is 20.3 Å². The quantitative estimate of drug-likeness (QED) is 0.414. The number of carbonyl (C=O) groups is 1. The summed E-state index contributed by atoms with van der Waals surface area (Å²) in [5.74, 6) is 1.88. The van der Waals surface area contributed by atoms with Gasteiger partial charge >= 0.3 is 0 Å². The average molecular weight is 406 g/mol. The van der Waals surface area contributed by atoms with Gasteiger partial charge in [-0.2, -0.15) is 0 Å². The second kappa shape index (κ2) is 7.88. The molecule has 0 spiro atoms. The van der Waals surface area contributed by atoms with Crippen LogP contribution in [0.15, 0.2) is 43.0 Å². The van der Waals surface area contributed by atoms with Crippen molar-refractivity contribution < 1.29 is 19.0 Å². The van der Waals surface area contributed by atoms with E-state index in [2.05, 4.69) is 16.0 Å². The van der Waals surface area contributed by atoms with Gasteiger partial charge in [0.15, 0.2) is 17.3 Å². The third-order valence-corrected chi connectivity index (χ3v) is 5.40. The molecule has 0 atom stereocenters. The number of fused-ring (bicyclic) bond motifs is 5. The third kappa shape index (κ3) is 3.13. The van der Waals surface area contributed by atoms with Crippen molar-refractivity contribution in [1.29, 1.82) is 0 Å². The van der Waals surface area contributed by atoms with Gasteiger partial charge in [0.25, 0.3) is 0 Å². The first-order chi connectivity index (χ1) is 14.5. The van der Waals surface area contributed by atoms with E-state index in [0.717, 1.165) is 34.5 Å². The SMILES string of the molecule is C=CCn1c2c(c3cc(OCCN(C)C)ccc31)C(=O)c1cc(OC)c(OC)cc1-2. The molecule has 0 amide bonds. The first-order valence-corrected chi connectivity index (χ1v) is 9.85. The smallest absolute Gasteiger partial charge is 0.196 e. The number of benzene rings is 2. The van der Waals surface area contributed by atoms with Gasteiger partial charge in [0.2, 0.25) is 0 Å². The number of carbonyl (C=O) groups excluding carboxylic acids is 1. The average Bonchev–Trinajstić information content (AvgIpc) is 3.20. The summed E-state index contributed by atoms with van der Waals surface area (Å²) in [6.45, 7) is 5.89. The molecule has 6 nitrogen and oxygen atoms in total. The zero-order valence-corrected chi connectivity index (χ0v) is 17.8. The van der Waals surface area contributed by atoms with Crippen LogP contribution in [0, 0.1) is 0 Å². The summed E-state index contributed by atoms with van der Waals surface area (Å²) in [6, 6.07) is 9.56. The minimum Gasteiger partial charge on any atom is -0.493 e. The minimum absolute atomic E-state index is 0.0146. The van der Waals surface area contributed by atoms with Crippen LogP contribution < -0.4 is 14.2 Å². The van der Waals surface area contributed by atoms with E-state index in [4.69, 9.17) is 14.2 Å². The number of allylic oxidation sites excluding steroid dienone is 1. The van der Waals surface area contributed by atoms with Crippen LogP contribution in [-0.2, 0) is 6.54 Å². The maximum absolute atomic E-state index is 13.4. The van der Waals surface area contributed by atoms with Gasteiger partial charge in [-0.15, -0.1) is 6.58 Å². The fourth-order valence-electron chi connectivity index (χ4n) is 4.00. The van der Waals surface area contributed by atoms with Crippen LogP contribution in [0.3, 0.4) is 0 Å². The maximum Gasteiger partial charge on any atom is 0.196 e. The zero-order valence-electron chi connectivity index (χ0n) is 17.8. The Balaban J connectivity index is 1.89. The van der Waals surface area contributed by atoms with Crippen LogP contribution >= 0.6 is 0 Å². The Morgan fingerprint density at radius 3 is 2.40 bits per heavy atom. The van der Waals surface area contributed by atoms with Crippen LogP contribution in [0.25, 0.3) is 22.2 Å². The Kier molecular flexibility index (Phi) is 5.26. The van der Waals surface area contributed by atoms with Crippen molar-refractivity contribution in [3.05, 3.63) is 54.1 Å². The largest absolute Gasteiger partial charge is 0.493 e. The van der Waals surface area contributed by atoms with Crippen molar-refractivity contribution in [2.45, 2.75) is 6.54 Å². The predicted octanol–water partition coefficient (Wildman–Crippen LogP) is 4.00. The molecule has 0 aliphatic heterocycles. The van der Waals surface area contributed by atoms with Gasteiger partial charge in [-0.25, -0.2) is 0 Å². The highest BCUT2D eigenvalue weighted by molar-refractivity contribution is 6.28. The molecule has 1 heterocycles. The molecule has 30 heavy (non-hydrogen) atoms. The van der Waals surface area contributed by atoms with Gasteiger partial charge in [-0.1, -0.05) is 6.08 Å². The Hall–Kier alpha value is -3.25. The highest BCUT2D eigenvalue weighted by Gasteiger charge is 2.34. The number of aromatic nitrogens is 1. The van der Waals surface area contributed by atoms with Gasteiger partial charge in [0.05, 0.1) is 25.5 Å². The summed E-state index contributed by atoms with van der Waals surface area (Å²) in [6.07, 6.45) is 1.84. The molecule has 2 aromatic carbocycles. The summed E-state index contributed by atoms with van der Waals surface area (Å²) in [7, 11) is 7.18. The van der Waals surface area contributed by atoms with Crippen molar-refractivity contribution in [2.75, 3.05) is 41.5 Å². The monoisotopic (exact) mass is 406 g/mol. The third-order valence-electron chi connectivity index (χ3n) is 5.40. The van der Waals surface area contributed by atoms with E-state index < -0.39 is 0 Å². The highest BCUT2D eigenvalue weighted by atomic mass is 16.5. The number of ether oxygens (including phenoxy) is 3. The summed E-state index contributed by atoms with van der Waals surface area (Å²) >= 11 is 0. The normalized spacial score (nSPS) is 12.2. The van der Waals surface area contributed by atoms with E-state index in [1.165, 1.54) is 0 Å². The molecule has 0 saturated carbocycles. The first-order valence-electron chi connectivity index (χ1n) is 9.85. The van der Waals surface area contributed by atoms with Crippen LogP contribution in [0.4, 0.5) is 0 Å². The maximum atomic E-state index is 13.4. The molecule has 0 N–H and O–H groups in total.